The molecule has 30 heavy (non-hydrogen) atoms. The standard InChI is InChI=1S/C21H18N4O4S/c1-24-19(27)16-7-6-13(10-17(16)20(24)28)23-18(26)12-30-21-22-8-9-25(21)14-4-3-5-15(11-14)29-2/h3-11H,12H2,1-2H3,(H,23,26). The van der Waals surface area contributed by atoms with Crippen LogP contribution in [0.25, 0.3) is 5.69 Å². The van der Waals surface area contributed by atoms with Crippen LogP contribution in [0.2, 0.25) is 0 Å². The number of aromatic nitrogens is 2. The molecule has 2 aromatic carbocycles. The SMILES string of the molecule is COc1cccc(-n2ccnc2SCC(=O)Nc2ccc3c(c2)C(=O)N(C)C3=O)c1. The molecule has 1 aliphatic heterocycles. The number of nitrogens with zero attached hydrogens (tertiary/aromatic N) is 3. The third-order valence-corrected chi connectivity index (χ3v) is 5.61. The molecule has 9 heteroatoms. The third kappa shape index (κ3) is 3.67. The van der Waals surface area contributed by atoms with Gasteiger partial charge in [0.15, 0.2) is 5.16 Å². The highest BCUT2D eigenvalue weighted by atomic mass is 32.2. The first-order chi connectivity index (χ1) is 14.5. The van der Waals surface area contributed by atoms with Crippen molar-refractivity contribution in [2.24, 2.45) is 0 Å². The first-order valence-corrected chi connectivity index (χ1v) is 10.0. The highest BCUT2D eigenvalue weighted by Crippen LogP contribution is 2.26. The van der Waals surface area contributed by atoms with Crippen LogP contribution >= 0.6 is 11.8 Å². The maximum absolute atomic E-state index is 12.4. The van der Waals surface area contributed by atoms with Crippen LogP contribution in [0.4, 0.5) is 5.69 Å². The molecular weight excluding hydrogens is 404 g/mol. The van der Waals surface area contributed by atoms with Gasteiger partial charge < -0.3 is 10.1 Å². The van der Waals surface area contributed by atoms with Gasteiger partial charge >= 0.3 is 0 Å². The van der Waals surface area contributed by atoms with Gasteiger partial charge in [-0.1, -0.05) is 17.8 Å². The molecule has 0 aliphatic carbocycles. The molecule has 0 radical (unpaired) electrons. The molecule has 3 amide bonds. The molecule has 0 spiro atoms. The summed E-state index contributed by atoms with van der Waals surface area (Å²) in [4.78, 5) is 41.9. The number of ether oxygens (including phenoxy) is 1. The molecule has 0 bridgehead atoms. The summed E-state index contributed by atoms with van der Waals surface area (Å²) in [6.07, 6.45) is 3.48. The average molecular weight is 422 g/mol. The molecule has 0 saturated carbocycles. The molecule has 2 heterocycles. The molecular formula is C21H18N4O4S. The van der Waals surface area contributed by atoms with E-state index in [0.29, 0.717) is 22.0 Å². The Morgan fingerprint density at radius 3 is 2.73 bits per heavy atom. The van der Waals surface area contributed by atoms with Gasteiger partial charge in [-0.3, -0.25) is 23.9 Å². The van der Waals surface area contributed by atoms with Gasteiger partial charge in [-0.15, -0.1) is 0 Å². The zero-order chi connectivity index (χ0) is 21.3. The van der Waals surface area contributed by atoms with Gasteiger partial charge in [0.25, 0.3) is 11.8 Å². The fraction of sp³-hybridized carbons (Fsp3) is 0.143. The number of hydrogen-bond acceptors (Lipinski definition) is 6. The molecule has 1 aliphatic rings. The van der Waals surface area contributed by atoms with E-state index in [2.05, 4.69) is 10.3 Å². The zero-order valence-electron chi connectivity index (χ0n) is 16.3. The van der Waals surface area contributed by atoms with Gasteiger partial charge in [0.1, 0.15) is 5.75 Å². The summed E-state index contributed by atoms with van der Waals surface area (Å²) in [7, 11) is 3.04. The number of thioether (sulfide) groups is 1. The van der Waals surface area contributed by atoms with Crippen LogP contribution < -0.4 is 10.1 Å². The van der Waals surface area contributed by atoms with Crippen molar-refractivity contribution in [1.29, 1.82) is 0 Å². The molecule has 0 fully saturated rings. The number of hydrogen-bond donors (Lipinski definition) is 1. The molecule has 0 atom stereocenters. The van der Waals surface area contributed by atoms with E-state index >= 15 is 0 Å². The molecule has 0 unspecified atom stereocenters. The largest absolute Gasteiger partial charge is 0.497 e. The number of amides is 3. The molecule has 1 aromatic heterocycles. The minimum atomic E-state index is -0.374. The molecule has 3 aromatic rings. The van der Waals surface area contributed by atoms with Crippen molar-refractivity contribution in [3.8, 4) is 11.4 Å². The highest BCUT2D eigenvalue weighted by Gasteiger charge is 2.32. The Hall–Kier alpha value is -3.59. The summed E-state index contributed by atoms with van der Waals surface area (Å²) in [5.41, 5.74) is 1.98. The Morgan fingerprint density at radius 1 is 1.13 bits per heavy atom. The second-order valence-electron chi connectivity index (χ2n) is 6.55. The fourth-order valence-corrected chi connectivity index (χ4v) is 3.89. The quantitative estimate of drug-likeness (QED) is 0.485. The Bertz CT molecular complexity index is 1160. The smallest absolute Gasteiger partial charge is 0.261 e. The number of benzene rings is 2. The summed E-state index contributed by atoms with van der Waals surface area (Å²) in [6.45, 7) is 0. The predicted octanol–water partition coefficient (Wildman–Crippen LogP) is 2.84. The first kappa shape index (κ1) is 19.7. The van der Waals surface area contributed by atoms with E-state index in [1.165, 1.54) is 24.9 Å². The summed E-state index contributed by atoms with van der Waals surface area (Å²) in [5, 5.41) is 3.42. The number of methoxy groups -OCH3 is 1. The van der Waals surface area contributed by atoms with Crippen molar-refractivity contribution >= 4 is 35.2 Å². The Labute approximate surface area is 176 Å². The second kappa shape index (κ2) is 8.03. The first-order valence-electron chi connectivity index (χ1n) is 9.05. The lowest BCUT2D eigenvalue weighted by Gasteiger charge is -2.09. The monoisotopic (exact) mass is 422 g/mol. The highest BCUT2D eigenvalue weighted by molar-refractivity contribution is 7.99. The minimum absolute atomic E-state index is 0.130. The van der Waals surface area contributed by atoms with Crippen molar-refractivity contribution in [1.82, 2.24) is 14.5 Å². The van der Waals surface area contributed by atoms with Crippen LogP contribution in [0.3, 0.4) is 0 Å². The molecule has 152 valence electrons. The molecule has 4 rings (SSSR count). The third-order valence-electron chi connectivity index (χ3n) is 4.64. The number of rotatable bonds is 6. The Kier molecular flexibility index (Phi) is 5.28. The van der Waals surface area contributed by atoms with Gasteiger partial charge in [0.2, 0.25) is 5.91 Å². The number of nitrogens with one attached hydrogen (secondary N) is 1. The molecule has 8 nitrogen and oxygen atoms in total. The summed E-state index contributed by atoms with van der Waals surface area (Å²) >= 11 is 1.29. The van der Waals surface area contributed by atoms with Crippen molar-refractivity contribution in [2.45, 2.75) is 5.16 Å². The van der Waals surface area contributed by atoms with Crippen LogP contribution in [-0.2, 0) is 4.79 Å². The predicted molar refractivity (Wildman–Crippen MR) is 112 cm³/mol. The Balaban J connectivity index is 1.43. The van der Waals surface area contributed by atoms with Crippen molar-refractivity contribution in [2.75, 3.05) is 25.2 Å². The zero-order valence-corrected chi connectivity index (χ0v) is 17.1. The number of carbonyl (C=O) groups is 3. The topological polar surface area (TPSA) is 93.5 Å². The van der Waals surface area contributed by atoms with Crippen molar-refractivity contribution in [3.05, 3.63) is 66.0 Å². The van der Waals surface area contributed by atoms with E-state index in [0.717, 1.165) is 16.3 Å². The number of carbonyl (C=O) groups excluding carboxylic acids is 3. The van der Waals surface area contributed by atoms with E-state index in [9.17, 15) is 14.4 Å². The summed E-state index contributed by atoms with van der Waals surface area (Å²) < 4.78 is 7.13. The maximum Gasteiger partial charge on any atom is 0.261 e. The van der Waals surface area contributed by atoms with Gasteiger partial charge in [-0.25, -0.2) is 4.98 Å². The van der Waals surface area contributed by atoms with E-state index < -0.39 is 0 Å². The van der Waals surface area contributed by atoms with Crippen LogP contribution in [0.1, 0.15) is 20.7 Å². The molecule has 1 N–H and O–H groups in total. The second-order valence-corrected chi connectivity index (χ2v) is 7.49. The normalized spacial score (nSPS) is 12.8. The number of fused-ring (bicyclic) bond motifs is 1. The van der Waals surface area contributed by atoms with Crippen LogP contribution in [0.15, 0.2) is 60.0 Å². The van der Waals surface area contributed by atoms with Crippen LogP contribution in [0, 0.1) is 0 Å². The minimum Gasteiger partial charge on any atom is -0.497 e. The fourth-order valence-electron chi connectivity index (χ4n) is 3.12. The summed E-state index contributed by atoms with van der Waals surface area (Å²) in [5.74, 6) is -0.103. The molecule has 0 saturated heterocycles. The lowest BCUT2D eigenvalue weighted by atomic mass is 10.1. The number of anilines is 1. The van der Waals surface area contributed by atoms with Crippen LogP contribution in [0.5, 0.6) is 5.75 Å². The summed E-state index contributed by atoms with van der Waals surface area (Å²) in [6, 6.07) is 12.2. The van der Waals surface area contributed by atoms with E-state index in [-0.39, 0.29) is 23.5 Å². The van der Waals surface area contributed by atoms with E-state index in [4.69, 9.17) is 4.74 Å². The van der Waals surface area contributed by atoms with Crippen LogP contribution in [-0.4, -0.2) is 52.1 Å². The van der Waals surface area contributed by atoms with Gasteiger partial charge in [-0.05, 0) is 30.3 Å². The van der Waals surface area contributed by atoms with Gasteiger partial charge in [0.05, 0.1) is 29.7 Å². The lowest BCUT2D eigenvalue weighted by Crippen LogP contribution is -2.24. The van der Waals surface area contributed by atoms with Crippen molar-refractivity contribution in [3.63, 3.8) is 0 Å². The Morgan fingerprint density at radius 2 is 1.93 bits per heavy atom. The van der Waals surface area contributed by atoms with Gasteiger partial charge in [-0.2, -0.15) is 0 Å². The van der Waals surface area contributed by atoms with E-state index in [1.54, 1.807) is 25.4 Å². The van der Waals surface area contributed by atoms with Gasteiger partial charge in [0, 0.05) is 31.2 Å². The lowest BCUT2D eigenvalue weighted by molar-refractivity contribution is -0.113. The maximum atomic E-state index is 12.4. The average Bonchev–Trinajstić information content (AvgIpc) is 3.32. The number of imide groups is 1. The number of imidazole rings is 1. The van der Waals surface area contributed by atoms with E-state index in [1.807, 2.05) is 35.0 Å². The van der Waals surface area contributed by atoms with Crippen molar-refractivity contribution < 1.29 is 19.1 Å².